The Kier molecular flexibility index (Phi) is 4.47. The number of aliphatic hydroxyl groups excluding tert-OH is 1. The molecule has 1 aromatic rings. The summed E-state index contributed by atoms with van der Waals surface area (Å²) in [4.78, 5) is 0. The van der Waals surface area contributed by atoms with Gasteiger partial charge in [-0.1, -0.05) is 26.0 Å². The molecule has 0 saturated carbocycles. The summed E-state index contributed by atoms with van der Waals surface area (Å²) in [5.41, 5.74) is 2.41. The fourth-order valence-corrected chi connectivity index (χ4v) is 1.28. The molecule has 78 valence electrons. The van der Waals surface area contributed by atoms with Gasteiger partial charge in [0.25, 0.3) is 0 Å². The van der Waals surface area contributed by atoms with Gasteiger partial charge in [0.15, 0.2) is 0 Å². The normalized spacial score (nSPS) is 12.5. The van der Waals surface area contributed by atoms with E-state index < -0.39 is 0 Å². The van der Waals surface area contributed by atoms with Crippen molar-refractivity contribution >= 4 is 5.69 Å². The number of nitrogens with one attached hydrogen (secondary N) is 1. The summed E-state index contributed by atoms with van der Waals surface area (Å²) in [6.45, 7) is 4.75. The van der Waals surface area contributed by atoms with Crippen LogP contribution >= 0.6 is 0 Å². The van der Waals surface area contributed by atoms with Gasteiger partial charge in [-0.05, 0) is 30.5 Å². The van der Waals surface area contributed by atoms with E-state index in [4.69, 9.17) is 0 Å². The molecule has 0 amide bonds. The highest BCUT2D eigenvalue weighted by Gasteiger charge is 1.99. The van der Waals surface area contributed by atoms with Crippen molar-refractivity contribution < 1.29 is 5.11 Å². The van der Waals surface area contributed by atoms with Gasteiger partial charge in [0.05, 0.1) is 6.10 Å². The van der Waals surface area contributed by atoms with Gasteiger partial charge in [-0.25, -0.2) is 0 Å². The molecular formula is C12H19NO. The molecular weight excluding hydrogens is 174 g/mol. The highest BCUT2D eigenvalue weighted by Crippen LogP contribution is 2.11. The Balaban J connectivity index is 2.50. The number of hydrogen-bond donors (Lipinski definition) is 2. The van der Waals surface area contributed by atoms with Crippen molar-refractivity contribution in [3.8, 4) is 0 Å². The zero-order valence-electron chi connectivity index (χ0n) is 8.96. The molecule has 1 atom stereocenters. The summed E-state index contributed by atoms with van der Waals surface area (Å²) in [5.74, 6) is 0. The van der Waals surface area contributed by atoms with Crippen molar-refractivity contribution in [3.63, 3.8) is 0 Å². The lowest BCUT2D eigenvalue weighted by Gasteiger charge is -2.11. The molecule has 0 aliphatic heterocycles. The van der Waals surface area contributed by atoms with Gasteiger partial charge < -0.3 is 10.4 Å². The largest absolute Gasteiger partial charge is 0.391 e. The number of hydrogen-bond acceptors (Lipinski definition) is 2. The van der Waals surface area contributed by atoms with Crippen LogP contribution in [0, 0.1) is 0 Å². The van der Waals surface area contributed by atoms with Gasteiger partial charge in [0.2, 0.25) is 0 Å². The zero-order chi connectivity index (χ0) is 10.4. The van der Waals surface area contributed by atoms with Gasteiger partial charge in [-0.3, -0.25) is 0 Å². The standard InChI is InChI=1S/C12H19NO/c1-3-10-6-5-7-11(8-10)13-9-12(14)4-2/h5-8,12-14H,3-4,9H2,1-2H3. The topological polar surface area (TPSA) is 32.3 Å². The van der Waals surface area contributed by atoms with Gasteiger partial charge in [-0.2, -0.15) is 0 Å². The summed E-state index contributed by atoms with van der Waals surface area (Å²) in [6, 6.07) is 8.31. The first kappa shape index (κ1) is 11.1. The second kappa shape index (κ2) is 5.66. The lowest BCUT2D eigenvalue weighted by Crippen LogP contribution is -2.18. The second-order valence-electron chi connectivity index (χ2n) is 3.50. The molecule has 0 heterocycles. The quantitative estimate of drug-likeness (QED) is 0.752. The first-order chi connectivity index (χ1) is 6.76. The SMILES string of the molecule is CCc1cccc(NCC(O)CC)c1. The van der Waals surface area contributed by atoms with Crippen LogP contribution in [0.2, 0.25) is 0 Å². The minimum Gasteiger partial charge on any atom is -0.391 e. The molecule has 0 aliphatic carbocycles. The summed E-state index contributed by atoms with van der Waals surface area (Å²) < 4.78 is 0. The molecule has 0 bridgehead atoms. The van der Waals surface area contributed by atoms with E-state index in [0.29, 0.717) is 6.54 Å². The number of aryl methyl sites for hydroxylation is 1. The predicted molar refractivity (Wildman–Crippen MR) is 60.6 cm³/mol. The van der Waals surface area contributed by atoms with E-state index in [1.807, 2.05) is 19.1 Å². The molecule has 1 aromatic carbocycles. The summed E-state index contributed by atoms with van der Waals surface area (Å²) in [7, 11) is 0. The van der Waals surface area contributed by atoms with Gasteiger partial charge in [0.1, 0.15) is 0 Å². The Hall–Kier alpha value is -1.02. The number of anilines is 1. The molecule has 0 radical (unpaired) electrons. The molecule has 0 fully saturated rings. The van der Waals surface area contributed by atoms with Crippen LogP contribution in [0.4, 0.5) is 5.69 Å². The van der Waals surface area contributed by atoms with Crippen LogP contribution in [0.5, 0.6) is 0 Å². The summed E-state index contributed by atoms with van der Waals surface area (Å²) in [5, 5.41) is 12.6. The number of aliphatic hydroxyl groups is 1. The van der Waals surface area contributed by atoms with Crippen LogP contribution in [-0.4, -0.2) is 17.8 Å². The Morgan fingerprint density at radius 3 is 2.79 bits per heavy atom. The van der Waals surface area contributed by atoms with E-state index in [1.54, 1.807) is 0 Å². The van der Waals surface area contributed by atoms with Crippen molar-refractivity contribution in [1.29, 1.82) is 0 Å². The van der Waals surface area contributed by atoms with Gasteiger partial charge >= 0.3 is 0 Å². The molecule has 0 saturated heterocycles. The highest BCUT2D eigenvalue weighted by molar-refractivity contribution is 5.45. The molecule has 0 spiro atoms. The number of rotatable bonds is 5. The maximum atomic E-state index is 9.38. The van der Waals surface area contributed by atoms with Crippen LogP contribution in [0.25, 0.3) is 0 Å². The third kappa shape index (κ3) is 3.38. The molecule has 1 rings (SSSR count). The van der Waals surface area contributed by atoms with E-state index in [-0.39, 0.29) is 6.10 Å². The first-order valence-corrected chi connectivity index (χ1v) is 5.27. The van der Waals surface area contributed by atoms with Gasteiger partial charge in [0, 0.05) is 12.2 Å². The molecule has 2 heteroatoms. The van der Waals surface area contributed by atoms with Crippen LogP contribution in [0.3, 0.4) is 0 Å². The summed E-state index contributed by atoms with van der Waals surface area (Å²) >= 11 is 0. The van der Waals surface area contributed by atoms with Crippen LogP contribution in [0.1, 0.15) is 25.8 Å². The highest BCUT2D eigenvalue weighted by atomic mass is 16.3. The first-order valence-electron chi connectivity index (χ1n) is 5.27. The summed E-state index contributed by atoms with van der Waals surface area (Å²) in [6.07, 6.45) is 1.59. The van der Waals surface area contributed by atoms with E-state index in [9.17, 15) is 5.11 Å². The maximum absolute atomic E-state index is 9.38. The number of benzene rings is 1. The molecule has 2 nitrogen and oxygen atoms in total. The average Bonchev–Trinajstić information content (AvgIpc) is 2.26. The zero-order valence-corrected chi connectivity index (χ0v) is 8.96. The van der Waals surface area contributed by atoms with Crippen molar-refractivity contribution in [3.05, 3.63) is 29.8 Å². The Morgan fingerprint density at radius 2 is 2.14 bits per heavy atom. The van der Waals surface area contributed by atoms with Crippen LogP contribution in [0.15, 0.2) is 24.3 Å². The monoisotopic (exact) mass is 193 g/mol. The van der Waals surface area contributed by atoms with Crippen LogP contribution < -0.4 is 5.32 Å². The van der Waals surface area contributed by atoms with Crippen molar-refractivity contribution in [2.75, 3.05) is 11.9 Å². The van der Waals surface area contributed by atoms with E-state index >= 15 is 0 Å². The third-order valence-electron chi connectivity index (χ3n) is 2.35. The average molecular weight is 193 g/mol. The fraction of sp³-hybridized carbons (Fsp3) is 0.500. The lowest BCUT2D eigenvalue weighted by atomic mass is 10.1. The second-order valence-corrected chi connectivity index (χ2v) is 3.50. The van der Waals surface area contributed by atoms with Crippen molar-refractivity contribution in [2.45, 2.75) is 32.8 Å². The molecule has 1 unspecified atom stereocenters. The van der Waals surface area contributed by atoms with E-state index in [1.165, 1.54) is 5.56 Å². The maximum Gasteiger partial charge on any atom is 0.0709 e. The van der Waals surface area contributed by atoms with E-state index in [0.717, 1.165) is 18.5 Å². The smallest absolute Gasteiger partial charge is 0.0709 e. The third-order valence-corrected chi connectivity index (χ3v) is 2.35. The minimum absolute atomic E-state index is 0.250. The predicted octanol–water partition coefficient (Wildman–Crippen LogP) is 2.43. The molecule has 0 aromatic heterocycles. The Bertz CT molecular complexity index is 273. The minimum atomic E-state index is -0.250. The molecule has 2 N–H and O–H groups in total. The van der Waals surface area contributed by atoms with Crippen LogP contribution in [-0.2, 0) is 6.42 Å². The molecule has 0 aliphatic rings. The Labute approximate surface area is 86.0 Å². The lowest BCUT2D eigenvalue weighted by molar-refractivity contribution is 0.183. The Morgan fingerprint density at radius 1 is 1.36 bits per heavy atom. The fourth-order valence-electron chi connectivity index (χ4n) is 1.28. The van der Waals surface area contributed by atoms with E-state index in [2.05, 4.69) is 24.4 Å². The molecule has 14 heavy (non-hydrogen) atoms. The van der Waals surface area contributed by atoms with Crippen molar-refractivity contribution in [2.24, 2.45) is 0 Å². The van der Waals surface area contributed by atoms with Crippen molar-refractivity contribution in [1.82, 2.24) is 0 Å². The van der Waals surface area contributed by atoms with Gasteiger partial charge in [-0.15, -0.1) is 0 Å².